The molecule has 100 valence electrons. The number of halogens is 1. The molecule has 3 rings (SSSR count). The lowest BCUT2D eigenvalue weighted by Crippen LogP contribution is -2.24. The molecule has 0 atom stereocenters. The van der Waals surface area contributed by atoms with Gasteiger partial charge >= 0.3 is 0 Å². The van der Waals surface area contributed by atoms with Gasteiger partial charge in [-0.3, -0.25) is 14.5 Å². The van der Waals surface area contributed by atoms with Crippen molar-refractivity contribution in [3.05, 3.63) is 58.1 Å². The predicted octanol–water partition coefficient (Wildman–Crippen LogP) is 3.83. The fourth-order valence-corrected chi connectivity index (χ4v) is 3.54. The van der Waals surface area contributed by atoms with Crippen molar-refractivity contribution in [3.63, 3.8) is 0 Å². The van der Waals surface area contributed by atoms with Crippen LogP contribution in [0.4, 0.5) is 0 Å². The molecule has 20 heavy (non-hydrogen) atoms. The molecule has 0 radical (unpaired) electrons. The molecule has 0 bridgehead atoms. The van der Waals surface area contributed by atoms with Crippen LogP contribution in [0.5, 0.6) is 0 Å². The standard InChI is InChI=1S/C15H10BrNO2S/c1-17-14(18)12-6-5-11(8-13(12)15(17)19)20-10-4-2-3-9(16)7-10/h2-8H,1H3. The van der Waals surface area contributed by atoms with E-state index in [0.29, 0.717) is 11.1 Å². The number of carbonyl (C=O) groups excluding carboxylic acids is 2. The van der Waals surface area contributed by atoms with E-state index in [-0.39, 0.29) is 11.8 Å². The Bertz CT molecular complexity index is 730. The van der Waals surface area contributed by atoms with Crippen LogP contribution in [-0.4, -0.2) is 23.8 Å². The fraction of sp³-hybridized carbons (Fsp3) is 0.0667. The highest BCUT2D eigenvalue weighted by Gasteiger charge is 2.32. The third kappa shape index (κ3) is 2.27. The van der Waals surface area contributed by atoms with Gasteiger partial charge in [-0.1, -0.05) is 33.8 Å². The summed E-state index contributed by atoms with van der Waals surface area (Å²) < 4.78 is 1.01. The highest BCUT2D eigenvalue weighted by molar-refractivity contribution is 9.10. The number of rotatable bonds is 2. The molecule has 0 fully saturated rings. The Morgan fingerprint density at radius 2 is 1.65 bits per heavy atom. The molecule has 0 saturated heterocycles. The summed E-state index contributed by atoms with van der Waals surface area (Å²) in [5.74, 6) is -0.467. The maximum absolute atomic E-state index is 12.0. The van der Waals surface area contributed by atoms with Crippen molar-refractivity contribution >= 4 is 39.5 Å². The third-order valence-corrected chi connectivity index (χ3v) is 4.57. The smallest absolute Gasteiger partial charge is 0.261 e. The first-order valence-electron chi connectivity index (χ1n) is 5.96. The van der Waals surface area contributed by atoms with Crippen LogP contribution < -0.4 is 0 Å². The third-order valence-electron chi connectivity index (χ3n) is 3.09. The minimum atomic E-state index is -0.235. The van der Waals surface area contributed by atoms with E-state index in [9.17, 15) is 9.59 Å². The number of benzene rings is 2. The zero-order chi connectivity index (χ0) is 14.3. The molecule has 2 aromatic carbocycles. The lowest BCUT2D eigenvalue weighted by molar-refractivity contribution is 0.0693. The minimum Gasteiger partial charge on any atom is -0.277 e. The van der Waals surface area contributed by atoms with Crippen molar-refractivity contribution in [2.24, 2.45) is 0 Å². The van der Waals surface area contributed by atoms with Crippen LogP contribution in [0.1, 0.15) is 20.7 Å². The zero-order valence-electron chi connectivity index (χ0n) is 10.6. The molecule has 1 aliphatic heterocycles. The van der Waals surface area contributed by atoms with Crippen molar-refractivity contribution in [1.29, 1.82) is 0 Å². The Hall–Kier alpha value is -1.59. The number of hydrogen-bond acceptors (Lipinski definition) is 3. The number of hydrogen-bond donors (Lipinski definition) is 0. The van der Waals surface area contributed by atoms with Crippen molar-refractivity contribution < 1.29 is 9.59 Å². The second-order valence-corrected chi connectivity index (χ2v) is 6.50. The summed E-state index contributed by atoms with van der Waals surface area (Å²) in [6.07, 6.45) is 0. The molecule has 2 aromatic rings. The fourth-order valence-electron chi connectivity index (χ4n) is 2.07. The average molecular weight is 348 g/mol. The van der Waals surface area contributed by atoms with Gasteiger partial charge in [0.25, 0.3) is 11.8 Å². The number of imide groups is 1. The van der Waals surface area contributed by atoms with Crippen LogP contribution in [-0.2, 0) is 0 Å². The molecule has 0 N–H and O–H groups in total. The molecular formula is C15H10BrNO2S. The maximum Gasteiger partial charge on any atom is 0.261 e. The summed E-state index contributed by atoms with van der Waals surface area (Å²) in [7, 11) is 1.51. The zero-order valence-corrected chi connectivity index (χ0v) is 13.0. The summed E-state index contributed by atoms with van der Waals surface area (Å²) >= 11 is 4.99. The first-order chi connectivity index (χ1) is 9.56. The number of fused-ring (bicyclic) bond motifs is 1. The highest BCUT2D eigenvalue weighted by Crippen LogP contribution is 2.32. The number of nitrogens with zero attached hydrogens (tertiary/aromatic N) is 1. The Balaban J connectivity index is 1.95. The van der Waals surface area contributed by atoms with Gasteiger partial charge in [0, 0.05) is 21.3 Å². The topological polar surface area (TPSA) is 37.4 Å². The van der Waals surface area contributed by atoms with Gasteiger partial charge in [0.05, 0.1) is 11.1 Å². The monoisotopic (exact) mass is 347 g/mol. The predicted molar refractivity (Wildman–Crippen MR) is 81.1 cm³/mol. The van der Waals surface area contributed by atoms with Crippen molar-refractivity contribution in [2.75, 3.05) is 7.05 Å². The first kappa shape index (κ1) is 13.4. The molecule has 5 heteroatoms. The van der Waals surface area contributed by atoms with E-state index in [4.69, 9.17) is 0 Å². The van der Waals surface area contributed by atoms with Crippen LogP contribution in [0.3, 0.4) is 0 Å². The van der Waals surface area contributed by atoms with Crippen LogP contribution in [0.2, 0.25) is 0 Å². The van der Waals surface area contributed by atoms with Gasteiger partial charge < -0.3 is 0 Å². The van der Waals surface area contributed by atoms with Crippen molar-refractivity contribution in [3.8, 4) is 0 Å². The minimum absolute atomic E-state index is 0.232. The van der Waals surface area contributed by atoms with E-state index in [0.717, 1.165) is 19.2 Å². The molecule has 3 nitrogen and oxygen atoms in total. The summed E-state index contributed by atoms with van der Waals surface area (Å²) in [4.78, 5) is 26.9. The SMILES string of the molecule is CN1C(=O)c2ccc(Sc3cccc(Br)c3)cc2C1=O. The van der Waals surface area contributed by atoms with Gasteiger partial charge in [-0.05, 0) is 36.4 Å². The van der Waals surface area contributed by atoms with Gasteiger partial charge in [0.1, 0.15) is 0 Å². The maximum atomic E-state index is 12.0. The van der Waals surface area contributed by atoms with Crippen LogP contribution in [0.25, 0.3) is 0 Å². The van der Waals surface area contributed by atoms with E-state index >= 15 is 0 Å². The van der Waals surface area contributed by atoms with Crippen LogP contribution in [0.15, 0.2) is 56.7 Å². The largest absolute Gasteiger partial charge is 0.277 e. The molecular weight excluding hydrogens is 338 g/mol. The van der Waals surface area contributed by atoms with E-state index in [1.54, 1.807) is 23.9 Å². The molecule has 0 spiro atoms. The van der Waals surface area contributed by atoms with E-state index in [1.165, 1.54) is 7.05 Å². The van der Waals surface area contributed by atoms with Crippen LogP contribution >= 0.6 is 27.7 Å². The van der Waals surface area contributed by atoms with Gasteiger partial charge in [0.2, 0.25) is 0 Å². The molecule has 0 aliphatic carbocycles. The molecule has 0 aromatic heterocycles. The van der Waals surface area contributed by atoms with Gasteiger partial charge in [-0.25, -0.2) is 0 Å². The van der Waals surface area contributed by atoms with E-state index in [1.807, 2.05) is 30.3 Å². The summed E-state index contributed by atoms with van der Waals surface area (Å²) in [5.41, 5.74) is 0.966. The Labute approximate surface area is 129 Å². The van der Waals surface area contributed by atoms with E-state index in [2.05, 4.69) is 15.9 Å². The Morgan fingerprint density at radius 1 is 0.950 bits per heavy atom. The summed E-state index contributed by atoms with van der Waals surface area (Å²) in [5, 5.41) is 0. The van der Waals surface area contributed by atoms with Gasteiger partial charge in [0.15, 0.2) is 0 Å². The van der Waals surface area contributed by atoms with Gasteiger partial charge in [-0.2, -0.15) is 0 Å². The average Bonchev–Trinajstić information content (AvgIpc) is 2.64. The molecule has 0 saturated carbocycles. The lowest BCUT2D eigenvalue weighted by atomic mass is 10.1. The Kier molecular flexibility index (Phi) is 3.40. The molecule has 0 unspecified atom stereocenters. The second-order valence-electron chi connectivity index (χ2n) is 4.44. The summed E-state index contributed by atoms with van der Waals surface area (Å²) in [6, 6.07) is 13.3. The molecule has 1 aliphatic rings. The van der Waals surface area contributed by atoms with Crippen molar-refractivity contribution in [1.82, 2.24) is 4.90 Å². The molecule has 2 amide bonds. The quantitative estimate of drug-likeness (QED) is 0.775. The lowest BCUT2D eigenvalue weighted by Gasteiger charge is -2.04. The first-order valence-corrected chi connectivity index (χ1v) is 7.57. The van der Waals surface area contributed by atoms with E-state index < -0.39 is 0 Å². The highest BCUT2D eigenvalue weighted by atomic mass is 79.9. The number of amides is 2. The molecule has 1 heterocycles. The normalized spacial score (nSPS) is 13.8. The van der Waals surface area contributed by atoms with Crippen LogP contribution in [0, 0.1) is 0 Å². The van der Waals surface area contributed by atoms with Crippen molar-refractivity contribution in [2.45, 2.75) is 9.79 Å². The Morgan fingerprint density at radius 3 is 2.40 bits per heavy atom. The van der Waals surface area contributed by atoms with Gasteiger partial charge in [-0.15, -0.1) is 0 Å². The number of carbonyl (C=O) groups is 2. The second kappa shape index (κ2) is 5.07. The summed E-state index contributed by atoms with van der Waals surface area (Å²) in [6.45, 7) is 0.